The lowest BCUT2D eigenvalue weighted by Gasteiger charge is -2.13. The Morgan fingerprint density at radius 1 is 1.44 bits per heavy atom. The lowest BCUT2D eigenvalue weighted by atomic mass is 10.1. The van der Waals surface area contributed by atoms with Gasteiger partial charge in [0.05, 0.1) is 17.7 Å². The summed E-state index contributed by atoms with van der Waals surface area (Å²) in [7, 11) is 0. The number of halogens is 3. The van der Waals surface area contributed by atoms with Crippen LogP contribution in [0.5, 0.6) is 5.75 Å². The molecule has 0 aliphatic rings. The molecule has 0 saturated heterocycles. The second-order valence-corrected chi connectivity index (χ2v) is 3.54. The molecular weight excluding hydrogens is 249 g/mol. The minimum absolute atomic E-state index is 0.0826. The number of benzene rings is 1. The van der Waals surface area contributed by atoms with E-state index in [1.807, 2.05) is 6.92 Å². The summed E-state index contributed by atoms with van der Waals surface area (Å²) in [5, 5.41) is 11.3. The van der Waals surface area contributed by atoms with Crippen molar-refractivity contribution in [2.75, 3.05) is 6.61 Å². The van der Waals surface area contributed by atoms with Crippen LogP contribution in [-0.4, -0.2) is 17.6 Å². The van der Waals surface area contributed by atoms with E-state index in [1.165, 1.54) is 0 Å². The molecule has 0 amide bonds. The maximum Gasteiger partial charge on any atom is 0.416 e. The van der Waals surface area contributed by atoms with Gasteiger partial charge in [-0.2, -0.15) is 13.2 Å². The van der Waals surface area contributed by atoms with Crippen molar-refractivity contribution in [2.24, 2.45) is 10.9 Å². The molecule has 3 N–H and O–H groups in total. The highest BCUT2D eigenvalue weighted by Crippen LogP contribution is 2.32. The minimum atomic E-state index is -4.49. The van der Waals surface area contributed by atoms with Crippen LogP contribution in [0.25, 0.3) is 0 Å². The van der Waals surface area contributed by atoms with Crippen molar-refractivity contribution in [3.8, 4) is 5.75 Å². The van der Waals surface area contributed by atoms with E-state index in [1.54, 1.807) is 0 Å². The van der Waals surface area contributed by atoms with Gasteiger partial charge in [0, 0.05) is 0 Å². The summed E-state index contributed by atoms with van der Waals surface area (Å²) in [5.41, 5.74) is 4.37. The number of nitrogens with zero attached hydrogens (tertiary/aromatic N) is 1. The summed E-state index contributed by atoms with van der Waals surface area (Å²) in [6.07, 6.45) is -3.80. The van der Waals surface area contributed by atoms with E-state index in [0.717, 1.165) is 18.2 Å². The molecule has 0 bridgehead atoms. The Bertz CT molecular complexity index is 444. The summed E-state index contributed by atoms with van der Waals surface area (Å²) in [5.74, 6) is -0.271. The van der Waals surface area contributed by atoms with Crippen molar-refractivity contribution in [1.82, 2.24) is 0 Å². The van der Waals surface area contributed by atoms with Crippen molar-refractivity contribution in [1.29, 1.82) is 0 Å². The van der Waals surface area contributed by atoms with Crippen LogP contribution in [-0.2, 0) is 6.18 Å². The lowest BCUT2D eigenvalue weighted by molar-refractivity contribution is -0.137. The fourth-order valence-corrected chi connectivity index (χ4v) is 1.30. The van der Waals surface area contributed by atoms with Crippen LogP contribution in [0.15, 0.2) is 23.4 Å². The quantitative estimate of drug-likeness (QED) is 0.379. The van der Waals surface area contributed by atoms with Crippen LogP contribution in [0.3, 0.4) is 0 Å². The van der Waals surface area contributed by atoms with Gasteiger partial charge in [0.15, 0.2) is 5.84 Å². The second-order valence-electron chi connectivity index (χ2n) is 3.54. The molecule has 0 atom stereocenters. The molecule has 7 heteroatoms. The molecule has 0 radical (unpaired) electrons. The SMILES string of the molecule is CCCOc1ccc(C(F)(F)F)cc1/C(N)=N/O. The summed E-state index contributed by atoms with van der Waals surface area (Å²) in [6, 6.07) is 2.84. The Morgan fingerprint density at radius 2 is 2.11 bits per heavy atom. The van der Waals surface area contributed by atoms with Gasteiger partial charge in [-0.25, -0.2) is 0 Å². The lowest BCUT2D eigenvalue weighted by Crippen LogP contribution is -2.17. The van der Waals surface area contributed by atoms with Gasteiger partial charge in [0.1, 0.15) is 5.75 Å². The van der Waals surface area contributed by atoms with Crippen LogP contribution >= 0.6 is 0 Å². The molecule has 0 aromatic heterocycles. The predicted molar refractivity (Wildman–Crippen MR) is 59.7 cm³/mol. The van der Waals surface area contributed by atoms with Crippen molar-refractivity contribution in [3.05, 3.63) is 29.3 Å². The number of rotatable bonds is 4. The highest BCUT2D eigenvalue weighted by molar-refractivity contribution is 5.99. The highest BCUT2D eigenvalue weighted by atomic mass is 19.4. The first-order valence-corrected chi connectivity index (χ1v) is 5.22. The largest absolute Gasteiger partial charge is 0.493 e. The van der Waals surface area contributed by atoms with Crippen LogP contribution < -0.4 is 10.5 Å². The normalized spacial score (nSPS) is 12.6. The van der Waals surface area contributed by atoms with Crippen LogP contribution in [0.4, 0.5) is 13.2 Å². The Labute approximate surface area is 102 Å². The molecular formula is C11H13F3N2O2. The number of oxime groups is 1. The van der Waals surface area contributed by atoms with E-state index < -0.39 is 17.6 Å². The number of amidine groups is 1. The van der Waals surface area contributed by atoms with E-state index in [2.05, 4.69) is 5.16 Å². The van der Waals surface area contributed by atoms with E-state index in [9.17, 15) is 13.2 Å². The Kier molecular flexibility index (Phi) is 4.41. The zero-order valence-electron chi connectivity index (χ0n) is 9.66. The first kappa shape index (κ1) is 14.1. The van der Waals surface area contributed by atoms with Gasteiger partial charge in [-0.3, -0.25) is 0 Å². The van der Waals surface area contributed by atoms with Gasteiger partial charge < -0.3 is 15.7 Å². The molecule has 0 spiro atoms. The van der Waals surface area contributed by atoms with E-state index in [-0.39, 0.29) is 11.3 Å². The van der Waals surface area contributed by atoms with Gasteiger partial charge >= 0.3 is 6.18 Å². The molecule has 0 aliphatic carbocycles. The average molecular weight is 262 g/mol. The third-order valence-corrected chi connectivity index (χ3v) is 2.15. The summed E-state index contributed by atoms with van der Waals surface area (Å²) < 4.78 is 42.8. The topological polar surface area (TPSA) is 67.8 Å². The minimum Gasteiger partial charge on any atom is -0.493 e. The van der Waals surface area contributed by atoms with Crippen molar-refractivity contribution in [2.45, 2.75) is 19.5 Å². The maximum absolute atomic E-state index is 12.5. The first-order chi connectivity index (χ1) is 8.40. The zero-order chi connectivity index (χ0) is 13.8. The van der Waals surface area contributed by atoms with Gasteiger partial charge in [0.25, 0.3) is 0 Å². The zero-order valence-corrected chi connectivity index (χ0v) is 9.66. The summed E-state index contributed by atoms with van der Waals surface area (Å²) in [6.45, 7) is 2.18. The van der Waals surface area contributed by atoms with E-state index in [0.29, 0.717) is 13.0 Å². The fourth-order valence-electron chi connectivity index (χ4n) is 1.30. The van der Waals surface area contributed by atoms with Crippen LogP contribution in [0.2, 0.25) is 0 Å². The molecule has 0 aliphatic heterocycles. The van der Waals surface area contributed by atoms with Gasteiger partial charge in [-0.15, -0.1) is 0 Å². The average Bonchev–Trinajstić information content (AvgIpc) is 2.34. The predicted octanol–water partition coefficient (Wildman–Crippen LogP) is 2.59. The molecule has 0 heterocycles. The number of nitrogens with two attached hydrogens (primary N) is 1. The number of alkyl halides is 3. The van der Waals surface area contributed by atoms with Crippen molar-refractivity contribution in [3.63, 3.8) is 0 Å². The molecule has 1 aromatic carbocycles. The van der Waals surface area contributed by atoms with E-state index in [4.69, 9.17) is 15.7 Å². The first-order valence-electron chi connectivity index (χ1n) is 5.22. The molecule has 4 nitrogen and oxygen atoms in total. The van der Waals surface area contributed by atoms with Crippen LogP contribution in [0.1, 0.15) is 24.5 Å². The second kappa shape index (κ2) is 5.61. The van der Waals surface area contributed by atoms with Crippen molar-refractivity contribution < 1.29 is 23.1 Å². The number of hydrogen-bond acceptors (Lipinski definition) is 3. The fraction of sp³-hybridized carbons (Fsp3) is 0.364. The van der Waals surface area contributed by atoms with E-state index >= 15 is 0 Å². The standard InChI is InChI=1S/C11H13F3N2O2/c1-2-5-18-9-4-3-7(11(12,13)14)6-8(9)10(15)16-17/h3-4,6,17H,2,5H2,1H3,(H2,15,16). The highest BCUT2D eigenvalue weighted by Gasteiger charge is 2.31. The molecule has 0 unspecified atom stereocenters. The Morgan fingerprint density at radius 3 is 2.61 bits per heavy atom. The molecule has 0 saturated carbocycles. The Balaban J connectivity index is 3.21. The van der Waals surface area contributed by atoms with Gasteiger partial charge in [-0.05, 0) is 24.6 Å². The molecule has 0 fully saturated rings. The monoisotopic (exact) mass is 262 g/mol. The van der Waals surface area contributed by atoms with Gasteiger partial charge in [0.2, 0.25) is 0 Å². The van der Waals surface area contributed by atoms with Crippen molar-refractivity contribution >= 4 is 5.84 Å². The maximum atomic E-state index is 12.5. The van der Waals surface area contributed by atoms with Gasteiger partial charge in [-0.1, -0.05) is 12.1 Å². The number of hydrogen-bond donors (Lipinski definition) is 2. The third-order valence-electron chi connectivity index (χ3n) is 2.15. The molecule has 100 valence electrons. The summed E-state index contributed by atoms with van der Waals surface area (Å²) in [4.78, 5) is 0. The number of ether oxygens (including phenoxy) is 1. The third kappa shape index (κ3) is 3.28. The smallest absolute Gasteiger partial charge is 0.416 e. The molecule has 1 rings (SSSR count). The summed E-state index contributed by atoms with van der Waals surface area (Å²) >= 11 is 0. The Hall–Kier alpha value is -1.92. The molecule has 18 heavy (non-hydrogen) atoms. The van der Waals surface area contributed by atoms with Crippen LogP contribution in [0, 0.1) is 0 Å². The molecule has 1 aromatic rings.